The Hall–Kier alpha value is -2.69. The van der Waals surface area contributed by atoms with Crippen molar-refractivity contribution < 1.29 is 14.3 Å². The van der Waals surface area contributed by atoms with Crippen LogP contribution in [0.4, 0.5) is 4.79 Å². The largest absolute Gasteiger partial charge is 0.497 e. The average molecular weight is 356 g/mol. The van der Waals surface area contributed by atoms with Crippen LogP contribution in [0.1, 0.15) is 50.8 Å². The third-order valence-electron chi connectivity index (χ3n) is 4.16. The molecule has 2 N–H and O–H groups in total. The summed E-state index contributed by atoms with van der Waals surface area (Å²) in [6.07, 6.45) is -0.442. The highest BCUT2D eigenvalue weighted by Crippen LogP contribution is 2.19. The van der Waals surface area contributed by atoms with Crippen LogP contribution in [0.25, 0.3) is 0 Å². The minimum Gasteiger partial charge on any atom is -0.497 e. The van der Waals surface area contributed by atoms with Gasteiger partial charge in [-0.3, -0.25) is 0 Å². The number of rotatable bonds is 7. The third-order valence-corrected chi connectivity index (χ3v) is 4.16. The van der Waals surface area contributed by atoms with Gasteiger partial charge in [-0.05, 0) is 55.2 Å². The Kier molecular flexibility index (Phi) is 6.89. The van der Waals surface area contributed by atoms with Gasteiger partial charge in [-0.1, -0.05) is 38.1 Å². The summed E-state index contributed by atoms with van der Waals surface area (Å²) in [5, 5.41) is 5.70. The maximum absolute atomic E-state index is 12.2. The summed E-state index contributed by atoms with van der Waals surface area (Å²) in [5.41, 5.74) is 2.25. The zero-order valence-corrected chi connectivity index (χ0v) is 16.1. The highest BCUT2D eigenvalue weighted by atomic mass is 16.5. The predicted octanol–water partition coefficient (Wildman–Crippen LogP) is 4.60. The number of urea groups is 1. The molecule has 140 valence electrons. The zero-order chi connectivity index (χ0) is 19.1. The highest BCUT2D eigenvalue weighted by Gasteiger charge is 2.13. The fourth-order valence-electron chi connectivity index (χ4n) is 2.56. The van der Waals surface area contributed by atoms with Gasteiger partial charge >= 0.3 is 6.03 Å². The second kappa shape index (κ2) is 9.13. The van der Waals surface area contributed by atoms with Crippen LogP contribution in [0.2, 0.25) is 0 Å². The van der Waals surface area contributed by atoms with Crippen molar-refractivity contribution in [1.82, 2.24) is 10.6 Å². The molecule has 0 aliphatic rings. The van der Waals surface area contributed by atoms with E-state index in [0.29, 0.717) is 5.92 Å². The molecule has 2 amide bonds. The third kappa shape index (κ3) is 5.69. The van der Waals surface area contributed by atoms with Crippen LogP contribution in [-0.2, 0) is 0 Å². The Morgan fingerprint density at radius 3 is 1.88 bits per heavy atom. The molecule has 0 spiro atoms. The van der Waals surface area contributed by atoms with E-state index in [1.807, 2.05) is 55.5 Å². The Balaban J connectivity index is 1.83. The average Bonchev–Trinajstić information content (AvgIpc) is 2.61. The van der Waals surface area contributed by atoms with Gasteiger partial charge in [0.15, 0.2) is 6.23 Å². The Morgan fingerprint density at radius 1 is 0.808 bits per heavy atom. The number of ether oxygens (including phenoxy) is 2. The Morgan fingerprint density at radius 2 is 1.35 bits per heavy atom. The van der Waals surface area contributed by atoms with Crippen molar-refractivity contribution >= 4 is 6.03 Å². The summed E-state index contributed by atoms with van der Waals surface area (Å²) in [6, 6.07) is 15.1. The molecule has 0 aliphatic carbocycles. The first kappa shape index (κ1) is 19.6. The molecule has 26 heavy (non-hydrogen) atoms. The number of nitrogens with one attached hydrogen (secondary N) is 2. The molecular formula is C21H28N2O3. The van der Waals surface area contributed by atoms with Crippen LogP contribution < -0.4 is 20.1 Å². The first-order valence-corrected chi connectivity index (χ1v) is 8.86. The highest BCUT2D eigenvalue weighted by molar-refractivity contribution is 5.74. The van der Waals surface area contributed by atoms with E-state index < -0.39 is 6.23 Å². The smallest absolute Gasteiger partial charge is 0.318 e. The van der Waals surface area contributed by atoms with Crippen molar-refractivity contribution in [3.8, 4) is 11.5 Å². The summed E-state index contributed by atoms with van der Waals surface area (Å²) in [4.78, 5) is 12.2. The molecule has 2 atom stereocenters. The number of carbonyl (C=O) groups excluding carboxylic acids is 1. The van der Waals surface area contributed by atoms with Crippen LogP contribution in [-0.4, -0.2) is 19.4 Å². The summed E-state index contributed by atoms with van der Waals surface area (Å²) >= 11 is 0. The van der Waals surface area contributed by atoms with Gasteiger partial charge in [0.2, 0.25) is 0 Å². The van der Waals surface area contributed by atoms with Gasteiger partial charge in [0, 0.05) is 0 Å². The van der Waals surface area contributed by atoms with E-state index in [4.69, 9.17) is 9.47 Å². The second-order valence-electron chi connectivity index (χ2n) is 6.60. The SMILES string of the molecule is COc1ccc(C(C)NC(=O)NC(C)Oc2ccc(C(C)C)cc2)cc1. The number of benzene rings is 2. The lowest BCUT2D eigenvalue weighted by Gasteiger charge is -2.20. The van der Waals surface area contributed by atoms with Crippen LogP contribution >= 0.6 is 0 Å². The molecule has 2 rings (SSSR count). The molecule has 0 aromatic heterocycles. The van der Waals surface area contributed by atoms with Crippen LogP contribution in [0.3, 0.4) is 0 Å². The number of carbonyl (C=O) groups is 1. The van der Waals surface area contributed by atoms with E-state index in [1.54, 1.807) is 14.0 Å². The van der Waals surface area contributed by atoms with Gasteiger partial charge in [-0.2, -0.15) is 0 Å². The Labute approximate surface area is 155 Å². The molecule has 0 radical (unpaired) electrons. The normalized spacial score (nSPS) is 13.0. The minimum atomic E-state index is -0.442. The van der Waals surface area contributed by atoms with Gasteiger partial charge in [0.1, 0.15) is 11.5 Å². The molecule has 0 bridgehead atoms. The zero-order valence-electron chi connectivity index (χ0n) is 16.1. The summed E-state index contributed by atoms with van der Waals surface area (Å²) < 4.78 is 10.9. The topological polar surface area (TPSA) is 59.6 Å². The van der Waals surface area contributed by atoms with Crippen molar-refractivity contribution in [2.24, 2.45) is 0 Å². The lowest BCUT2D eigenvalue weighted by molar-refractivity contribution is 0.175. The monoisotopic (exact) mass is 356 g/mol. The number of methoxy groups -OCH3 is 1. The van der Waals surface area contributed by atoms with Crippen molar-refractivity contribution in [1.29, 1.82) is 0 Å². The summed E-state index contributed by atoms with van der Waals surface area (Å²) in [7, 11) is 1.63. The first-order valence-electron chi connectivity index (χ1n) is 8.86. The molecule has 0 fully saturated rings. The van der Waals surface area contributed by atoms with Crippen molar-refractivity contribution in [3.63, 3.8) is 0 Å². The summed E-state index contributed by atoms with van der Waals surface area (Å²) in [6.45, 7) is 8.02. The van der Waals surface area contributed by atoms with E-state index in [9.17, 15) is 4.79 Å². The number of hydrogen-bond donors (Lipinski definition) is 2. The van der Waals surface area contributed by atoms with Crippen molar-refractivity contribution in [2.75, 3.05) is 7.11 Å². The number of hydrogen-bond acceptors (Lipinski definition) is 3. The summed E-state index contributed by atoms with van der Waals surface area (Å²) in [5.74, 6) is 1.99. The maximum atomic E-state index is 12.2. The van der Waals surface area contributed by atoms with Gasteiger partial charge < -0.3 is 20.1 Å². The molecule has 0 saturated heterocycles. The van der Waals surface area contributed by atoms with E-state index in [1.165, 1.54) is 5.56 Å². The molecule has 0 saturated carbocycles. The fourth-order valence-corrected chi connectivity index (χ4v) is 2.56. The molecule has 5 nitrogen and oxygen atoms in total. The van der Waals surface area contributed by atoms with Crippen molar-refractivity contribution in [3.05, 3.63) is 59.7 Å². The van der Waals surface area contributed by atoms with Gasteiger partial charge in [-0.25, -0.2) is 4.79 Å². The second-order valence-corrected chi connectivity index (χ2v) is 6.60. The van der Waals surface area contributed by atoms with Crippen LogP contribution in [0.5, 0.6) is 11.5 Å². The van der Waals surface area contributed by atoms with E-state index in [2.05, 4.69) is 24.5 Å². The molecular weight excluding hydrogens is 328 g/mol. The quantitative estimate of drug-likeness (QED) is 0.713. The van der Waals surface area contributed by atoms with E-state index in [0.717, 1.165) is 17.1 Å². The standard InChI is InChI=1S/C21H28N2O3/c1-14(2)17-6-12-20(13-7-17)26-16(4)23-21(24)22-15(3)18-8-10-19(25-5)11-9-18/h6-16H,1-5H3,(H2,22,23,24). The minimum absolute atomic E-state index is 0.126. The number of amides is 2. The lowest BCUT2D eigenvalue weighted by Crippen LogP contribution is -2.44. The van der Waals surface area contributed by atoms with E-state index in [-0.39, 0.29) is 12.1 Å². The van der Waals surface area contributed by atoms with Crippen LogP contribution in [0.15, 0.2) is 48.5 Å². The lowest BCUT2D eigenvalue weighted by atomic mass is 10.0. The van der Waals surface area contributed by atoms with Gasteiger partial charge in [0.05, 0.1) is 13.2 Å². The molecule has 2 unspecified atom stereocenters. The predicted molar refractivity (Wildman–Crippen MR) is 104 cm³/mol. The molecule has 0 heterocycles. The maximum Gasteiger partial charge on any atom is 0.318 e. The van der Waals surface area contributed by atoms with Gasteiger partial charge in [-0.15, -0.1) is 0 Å². The molecule has 0 aliphatic heterocycles. The Bertz CT molecular complexity index is 696. The molecule has 2 aromatic carbocycles. The fraction of sp³-hybridized carbons (Fsp3) is 0.381. The molecule has 2 aromatic rings. The van der Waals surface area contributed by atoms with E-state index >= 15 is 0 Å². The van der Waals surface area contributed by atoms with Crippen LogP contribution in [0, 0.1) is 0 Å². The molecule has 5 heteroatoms. The first-order chi connectivity index (χ1) is 12.4. The van der Waals surface area contributed by atoms with Crippen molar-refractivity contribution in [2.45, 2.75) is 45.9 Å². The van der Waals surface area contributed by atoms with Gasteiger partial charge in [0.25, 0.3) is 0 Å².